The van der Waals surface area contributed by atoms with Crippen molar-refractivity contribution in [1.29, 1.82) is 0 Å². The predicted octanol–water partition coefficient (Wildman–Crippen LogP) is 4.43. The minimum Gasteiger partial charge on any atom is -0.477 e. The Kier molecular flexibility index (Phi) is 6.11. The highest BCUT2D eigenvalue weighted by Gasteiger charge is 2.17. The van der Waals surface area contributed by atoms with Gasteiger partial charge in [0, 0.05) is 11.8 Å². The van der Waals surface area contributed by atoms with Crippen molar-refractivity contribution in [1.82, 2.24) is 0 Å². The molecule has 6 nitrogen and oxygen atoms in total. The summed E-state index contributed by atoms with van der Waals surface area (Å²) in [5.41, 5.74) is 2.40. The van der Waals surface area contributed by atoms with Crippen LogP contribution in [0.15, 0.2) is 42.5 Å². The third kappa shape index (κ3) is 4.79. The molecule has 25 heavy (non-hydrogen) atoms. The van der Waals surface area contributed by atoms with Crippen LogP contribution in [-0.2, 0) is 4.79 Å². The van der Waals surface area contributed by atoms with Gasteiger partial charge in [0.2, 0.25) is 0 Å². The lowest BCUT2D eigenvalue weighted by molar-refractivity contribution is -0.385. The quantitative estimate of drug-likeness (QED) is 0.596. The smallest absolute Gasteiger partial charge is 0.311 e. The molecule has 0 radical (unpaired) electrons. The number of amides is 1. The van der Waals surface area contributed by atoms with Gasteiger partial charge in [-0.25, -0.2) is 0 Å². The average molecular weight is 342 g/mol. The molecule has 1 N–H and O–H groups in total. The number of carbonyl (C=O) groups excluding carboxylic acids is 1. The highest BCUT2D eigenvalue weighted by Crippen LogP contribution is 2.28. The van der Waals surface area contributed by atoms with Crippen molar-refractivity contribution in [3.63, 3.8) is 0 Å². The lowest BCUT2D eigenvalue weighted by atomic mass is 9.97. The molecule has 0 spiro atoms. The van der Waals surface area contributed by atoms with Gasteiger partial charge in [0.25, 0.3) is 5.91 Å². The molecule has 2 rings (SSSR count). The molecule has 0 aliphatic heterocycles. The van der Waals surface area contributed by atoms with Crippen molar-refractivity contribution in [3.05, 3.63) is 63.7 Å². The summed E-state index contributed by atoms with van der Waals surface area (Å²) in [4.78, 5) is 22.8. The molecule has 6 heteroatoms. The number of ether oxygens (including phenoxy) is 1. The fourth-order valence-electron chi connectivity index (χ4n) is 2.48. The Morgan fingerprint density at radius 2 is 2.00 bits per heavy atom. The summed E-state index contributed by atoms with van der Waals surface area (Å²) in [7, 11) is 0. The van der Waals surface area contributed by atoms with E-state index in [1.165, 1.54) is 12.1 Å². The third-order valence-electron chi connectivity index (χ3n) is 4.05. The number of nitrogens with zero attached hydrogens (tertiary/aromatic N) is 1. The van der Waals surface area contributed by atoms with Crippen LogP contribution >= 0.6 is 0 Å². The Balaban J connectivity index is 2.07. The molecule has 0 saturated carbocycles. The molecule has 0 aliphatic rings. The Morgan fingerprint density at radius 1 is 1.28 bits per heavy atom. The topological polar surface area (TPSA) is 81.5 Å². The molecule has 1 amide bonds. The van der Waals surface area contributed by atoms with E-state index in [0.29, 0.717) is 5.92 Å². The lowest BCUT2D eigenvalue weighted by Gasteiger charge is -2.15. The highest BCUT2D eigenvalue weighted by molar-refractivity contribution is 5.92. The van der Waals surface area contributed by atoms with Crippen molar-refractivity contribution in [3.8, 4) is 5.75 Å². The molecule has 1 atom stereocenters. The van der Waals surface area contributed by atoms with E-state index in [1.54, 1.807) is 13.0 Å². The molecule has 2 aromatic rings. The first-order valence-corrected chi connectivity index (χ1v) is 8.19. The van der Waals surface area contributed by atoms with Crippen LogP contribution < -0.4 is 10.1 Å². The van der Waals surface area contributed by atoms with E-state index in [-0.39, 0.29) is 24.0 Å². The molecule has 0 bridgehead atoms. The summed E-state index contributed by atoms with van der Waals surface area (Å²) in [5.74, 6) is 0.0437. The van der Waals surface area contributed by atoms with E-state index in [1.807, 2.05) is 24.3 Å². The number of nitro groups is 1. The zero-order valence-electron chi connectivity index (χ0n) is 14.6. The Hall–Kier alpha value is -2.89. The van der Waals surface area contributed by atoms with Crippen LogP contribution in [-0.4, -0.2) is 17.4 Å². The van der Waals surface area contributed by atoms with Gasteiger partial charge in [-0.1, -0.05) is 38.1 Å². The summed E-state index contributed by atoms with van der Waals surface area (Å²) in [6.07, 6.45) is 0.957. The summed E-state index contributed by atoms with van der Waals surface area (Å²) < 4.78 is 5.36. The minimum absolute atomic E-state index is 0.0842. The van der Waals surface area contributed by atoms with Crippen LogP contribution in [0.5, 0.6) is 5.75 Å². The molecule has 2 aromatic carbocycles. The van der Waals surface area contributed by atoms with Crippen molar-refractivity contribution in [2.45, 2.75) is 33.1 Å². The van der Waals surface area contributed by atoms with Gasteiger partial charge in [0.1, 0.15) is 0 Å². The second-order valence-electron chi connectivity index (χ2n) is 5.96. The van der Waals surface area contributed by atoms with Crippen LogP contribution in [0.4, 0.5) is 11.4 Å². The van der Waals surface area contributed by atoms with E-state index in [9.17, 15) is 14.9 Å². The number of nitro benzene ring substituents is 1. The number of hydrogen-bond acceptors (Lipinski definition) is 4. The fourth-order valence-corrected chi connectivity index (χ4v) is 2.48. The zero-order valence-corrected chi connectivity index (χ0v) is 14.6. The average Bonchev–Trinajstić information content (AvgIpc) is 2.60. The summed E-state index contributed by atoms with van der Waals surface area (Å²) in [6, 6.07) is 12.2. The summed E-state index contributed by atoms with van der Waals surface area (Å²) >= 11 is 0. The van der Waals surface area contributed by atoms with Crippen molar-refractivity contribution in [2.24, 2.45) is 0 Å². The normalized spacial score (nSPS) is 11.6. The SMILES string of the molecule is CC[C@H](C)c1ccccc1NC(=O)COc1ccc(C)cc1[N+](=O)[O-]. The molecule has 132 valence electrons. The monoisotopic (exact) mass is 342 g/mol. The molecule has 0 aliphatic carbocycles. The van der Waals surface area contributed by atoms with E-state index in [0.717, 1.165) is 23.2 Å². The number of rotatable bonds is 7. The van der Waals surface area contributed by atoms with Crippen LogP contribution in [0.2, 0.25) is 0 Å². The van der Waals surface area contributed by atoms with E-state index < -0.39 is 4.92 Å². The van der Waals surface area contributed by atoms with E-state index >= 15 is 0 Å². The van der Waals surface area contributed by atoms with Crippen LogP contribution in [0.25, 0.3) is 0 Å². The molecule has 0 unspecified atom stereocenters. The first-order chi connectivity index (χ1) is 11.9. The molecule has 0 saturated heterocycles. The van der Waals surface area contributed by atoms with Crippen LogP contribution in [0, 0.1) is 17.0 Å². The van der Waals surface area contributed by atoms with Crippen LogP contribution in [0.1, 0.15) is 37.3 Å². The summed E-state index contributed by atoms with van der Waals surface area (Å²) in [5, 5.41) is 13.9. The first-order valence-electron chi connectivity index (χ1n) is 8.19. The zero-order chi connectivity index (χ0) is 18.4. The molecule has 0 aromatic heterocycles. The standard InChI is InChI=1S/C19H22N2O4/c1-4-14(3)15-7-5-6-8-16(15)20-19(22)12-25-18-10-9-13(2)11-17(18)21(23)24/h5-11,14H,4,12H2,1-3H3,(H,20,22)/t14-/m0/s1. The van der Waals surface area contributed by atoms with Crippen LogP contribution in [0.3, 0.4) is 0 Å². The van der Waals surface area contributed by atoms with Gasteiger partial charge in [-0.05, 0) is 42.5 Å². The maximum Gasteiger partial charge on any atom is 0.311 e. The fraction of sp³-hybridized carbons (Fsp3) is 0.316. The molecular weight excluding hydrogens is 320 g/mol. The second kappa shape index (κ2) is 8.28. The largest absolute Gasteiger partial charge is 0.477 e. The van der Waals surface area contributed by atoms with Gasteiger partial charge in [0.05, 0.1) is 4.92 Å². The third-order valence-corrected chi connectivity index (χ3v) is 4.05. The van der Waals surface area contributed by atoms with Crippen molar-refractivity contribution < 1.29 is 14.5 Å². The maximum absolute atomic E-state index is 12.2. The number of aryl methyl sites for hydroxylation is 1. The summed E-state index contributed by atoms with van der Waals surface area (Å²) in [6.45, 7) is 5.65. The number of hydrogen-bond donors (Lipinski definition) is 1. The number of carbonyl (C=O) groups is 1. The Morgan fingerprint density at radius 3 is 2.68 bits per heavy atom. The predicted molar refractivity (Wildman–Crippen MR) is 97.1 cm³/mol. The van der Waals surface area contributed by atoms with Crippen molar-refractivity contribution >= 4 is 17.3 Å². The first kappa shape index (κ1) is 18.4. The highest BCUT2D eigenvalue weighted by atomic mass is 16.6. The number of para-hydroxylation sites is 1. The Bertz CT molecular complexity index is 774. The van der Waals surface area contributed by atoms with Gasteiger partial charge >= 0.3 is 5.69 Å². The van der Waals surface area contributed by atoms with E-state index in [2.05, 4.69) is 19.2 Å². The van der Waals surface area contributed by atoms with Gasteiger partial charge in [-0.15, -0.1) is 0 Å². The van der Waals surface area contributed by atoms with Gasteiger partial charge < -0.3 is 10.1 Å². The van der Waals surface area contributed by atoms with E-state index in [4.69, 9.17) is 4.74 Å². The molecule has 0 fully saturated rings. The van der Waals surface area contributed by atoms with Crippen molar-refractivity contribution in [2.75, 3.05) is 11.9 Å². The number of benzene rings is 2. The second-order valence-corrected chi connectivity index (χ2v) is 5.96. The molecular formula is C19H22N2O4. The lowest BCUT2D eigenvalue weighted by Crippen LogP contribution is -2.21. The Labute approximate surface area is 147 Å². The number of nitrogens with one attached hydrogen (secondary N) is 1. The minimum atomic E-state index is -0.515. The van der Waals surface area contributed by atoms with Gasteiger partial charge in [-0.3, -0.25) is 14.9 Å². The van der Waals surface area contributed by atoms with Gasteiger partial charge in [-0.2, -0.15) is 0 Å². The molecule has 0 heterocycles. The number of anilines is 1. The van der Waals surface area contributed by atoms with Gasteiger partial charge in [0.15, 0.2) is 12.4 Å². The maximum atomic E-state index is 12.2.